The molecule has 2 atom stereocenters. The van der Waals surface area contributed by atoms with Gasteiger partial charge in [-0.15, -0.1) is 11.3 Å². The maximum atomic E-state index is 12.6. The number of nitrogens with zero attached hydrogens (tertiary/aromatic N) is 4. The third-order valence-electron chi connectivity index (χ3n) is 3.84. The molecule has 3 rings (SSSR count). The maximum Gasteiger partial charge on any atom is 0.242 e. The lowest BCUT2D eigenvalue weighted by Crippen LogP contribution is -2.37. The summed E-state index contributed by atoms with van der Waals surface area (Å²) in [4.78, 5) is 21.3. The van der Waals surface area contributed by atoms with Crippen LogP contribution in [0.3, 0.4) is 0 Å². The molecule has 7 nitrogen and oxygen atoms in total. The third-order valence-corrected chi connectivity index (χ3v) is 4.86. The summed E-state index contributed by atoms with van der Waals surface area (Å²) < 4.78 is 1.68. The molecular weight excluding hydrogens is 336 g/mol. The Morgan fingerprint density at radius 3 is 2.72 bits per heavy atom. The highest BCUT2D eigenvalue weighted by atomic mass is 32.1. The lowest BCUT2D eigenvalue weighted by Gasteiger charge is -2.17. The fourth-order valence-corrected chi connectivity index (χ4v) is 3.37. The normalized spacial score (nSPS) is 13.4. The van der Waals surface area contributed by atoms with Crippen molar-refractivity contribution in [1.82, 2.24) is 30.4 Å². The van der Waals surface area contributed by atoms with Crippen LogP contribution in [0.5, 0.6) is 0 Å². The van der Waals surface area contributed by atoms with Crippen LogP contribution in [0, 0.1) is 0 Å². The number of likely N-dealkylation sites (N-methyl/N-ethyl adjacent to an activating group) is 1. The van der Waals surface area contributed by atoms with Crippen molar-refractivity contribution in [3.05, 3.63) is 52.9 Å². The van der Waals surface area contributed by atoms with E-state index < -0.39 is 6.04 Å². The quantitative estimate of drug-likeness (QED) is 0.706. The molecule has 3 aromatic heterocycles. The Morgan fingerprint density at radius 2 is 2.08 bits per heavy atom. The molecular formula is C17H20N6OS. The molecule has 0 fully saturated rings. The molecule has 2 N–H and O–H groups in total. The van der Waals surface area contributed by atoms with Crippen molar-refractivity contribution >= 4 is 17.2 Å². The lowest BCUT2D eigenvalue weighted by atomic mass is 10.1. The van der Waals surface area contributed by atoms with E-state index in [4.69, 9.17) is 0 Å². The molecule has 0 aliphatic carbocycles. The second-order valence-electron chi connectivity index (χ2n) is 5.71. The van der Waals surface area contributed by atoms with Crippen LogP contribution in [0.1, 0.15) is 29.6 Å². The first kappa shape index (κ1) is 17.2. The van der Waals surface area contributed by atoms with Crippen LogP contribution in [-0.4, -0.2) is 32.7 Å². The average Bonchev–Trinajstić information content (AvgIpc) is 3.26. The van der Waals surface area contributed by atoms with Crippen molar-refractivity contribution in [2.24, 2.45) is 7.05 Å². The van der Waals surface area contributed by atoms with E-state index in [9.17, 15) is 4.79 Å². The summed E-state index contributed by atoms with van der Waals surface area (Å²) >= 11 is 1.53. The molecule has 2 unspecified atom stereocenters. The Kier molecular flexibility index (Phi) is 5.20. The number of rotatable bonds is 6. The first-order valence-corrected chi connectivity index (χ1v) is 8.78. The number of carbonyl (C=O) groups excluding carboxylic acids is 1. The molecule has 25 heavy (non-hydrogen) atoms. The number of nitrogens with one attached hydrogen (secondary N) is 2. The largest absolute Gasteiger partial charge is 0.345 e. The van der Waals surface area contributed by atoms with Gasteiger partial charge in [0.1, 0.15) is 11.0 Å². The molecule has 0 radical (unpaired) electrons. The second kappa shape index (κ2) is 7.54. The van der Waals surface area contributed by atoms with E-state index in [1.807, 2.05) is 37.7 Å². The van der Waals surface area contributed by atoms with E-state index >= 15 is 0 Å². The number of thiazole rings is 1. The second-order valence-corrected chi connectivity index (χ2v) is 6.60. The molecule has 0 aliphatic rings. The summed E-state index contributed by atoms with van der Waals surface area (Å²) in [6.45, 7) is 1.93. The monoisotopic (exact) mass is 356 g/mol. The van der Waals surface area contributed by atoms with Gasteiger partial charge in [0.05, 0.1) is 17.9 Å². The van der Waals surface area contributed by atoms with Crippen molar-refractivity contribution < 1.29 is 4.79 Å². The van der Waals surface area contributed by atoms with Gasteiger partial charge >= 0.3 is 0 Å². The molecule has 3 aromatic rings. The Hall–Kier alpha value is -2.58. The highest BCUT2D eigenvalue weighted by molar-refractivity contribution is 7.10. The van der Waals surface area contributed by atoms with Gasteiger partial charge in [0.2, 0.25) is 5.91 Å². The molecule has 0 spiro atoms. The first-order valence-electron chi connectivity index (χ1n) is 7.90. The number of aryl methyl sites for hydroxylation is 1. The van der Waals surface area contributed by atoms with Crippen molar-refractivity contribution in [2.75, 3.05) is 7.05 Å². The predicted octanol–water partition coefficient (Wildman–Crippen LogP) is 2.08. The molecule has 0 aromatic carbocycles. The fraction of sp³-hybridized carbons (Fsp3) is 0.294. The van der Waals surface area contributed by atoms with Crippen molar-refractivity contribution in [3.8, 4) is 11.3 Å². The van der Waals surface area contributed by atoms with E-state index in [1.165, 1.54) is 11.3 Å². The topological polar surface area (TPSA) is 84.7 Å². The van der Waals surface area contributed by atoms with Crippen LogP contribution in [0.15, 0.2) is 42.3 Å². The number of pyridine rings is 1. The van der Waals surface area contributed by atoms with E-state index in [-0.39, 0.29) is 11.9 Å². The average molecular weight is 356 g/mol. The van der Waals surface area contributed by atoms with Gasteiger partial charge in [-0.25, -0.2) is 4.98 Å². The number of aromatic nitrogens is 4. The highest BCUT2D eigenvalue weighted by Gasteiger charge is 2.23. The zero-order valence-corrected chi connectivity index (χ0v) is 15.1. The van der Waals surface area contributed by atoms with Gasteiger partial charge in [0.15, 0.2) is 0 Å². The summed E-state index contributed by atoms with van der Waals surface area (Å²) in [5, 5.41) is 13.0. The Labute approximate surface area is 150 Å². The van der Waals surface area contributed by atoms with E-state index in [2.05, 4.69) is 25.7 Å². The standard InChI is InChI=1S/C17H20N6OS/c1-11(17-22-14(10-25-17)12-4-6-19-7-5-12)21-16(24)15(18-2)13-8-20-23(3)9-13/h4-11,15,18H,1-3H3,(H,21,24). The minimum absolute atomic E-state index is 0.108. The Balaban J connectivity index is 1.70. The van der Waals surface area contributed by atoms with Gasteiger partial charge in [-0.2, -0.15) is 5.10 Å². The molecule has 0 saturated carbocycles. The molecule has 0 aliphatic heterocycles. The molecule has 3 heterocycles. The van der Waals surface area contributed by atoms with Crippen molar-refractivity contribution in [3.63, 3.8) is 0 Å². The Morgan fingerprint density at radius 1 is 1.32 bits per heavy atom. The highest BCUT2D eigenvalue weighted by Crippen LogP contribution is 2.25. The van der Waals surface area contributed by atoms with Crippen LogP contribution in [0.25, 0.3) is 11.3 Å². The van der Waals surface area contributed by atoms with Gasteiger partial charge in [0.25, 0.3) is 0 Å². The van der Waals surface area contributed by atoms with Crippen LogP contribution in [-0.2, 0) is 11.8 Å². The van der Waals surface area contributed by atoms with Crippen LogP contribution in [0.2, 0.25) is 0 Å². The summed E-state index contributed by atoms with van der Waals surface area (Å²) in [6, 6.07) is 3.21. The van der Waals surface area contributed by atoms with Gasteiger partial charge < -0.3 is 10.6 Å². The van der Waals surface area contributed by atoms with Crippen LogP contribution >= 0.6 is 11.3 Å². The zero-order valence-electron chi connectivity index (χ0n) is 14.3. The molecule has 0 bridgehead atoms. The number of carbonyl (C=O) groups is 1. The van der Waals surface area contributed by atoms with Gasteiger partial charge in [-0.3, -0.25) is 14.5 Å². The molecule has 1 amide bonds. The summed E-state index contributed by atoms with van der Waals surface area (Å²) in [7, 11) is 3.58. The summed E-state index contributed by atoms with van der Waals surface area (Å²) in [5.74, 6) is -0.108. The smallest absolute Gasteiger partial charge is 0.242 e. The number of amides is 1. The predicted molar refractivity (Wildman–Crippen MR) is 96.9 cm³/mol. The van der Waals surface area contributed by atoms with Crippen molar-refractivity contribution in [1.29, 1.82) is 0 Å². The molecule has 130 valence electrons. The van der Waals surface area contributed by atoms with Gasteiger partial charge in [-0.05, 0) is 26.1 Å². The van der Waals surface area contributed by atoms with Crippen LogP contribution in [0.4, 0.5) is 0 Å². The van der Waals surface area contributed by atoms with Gasteiger partial charge in [-0.1, -0.05) is 0 Å². The van der Waals surface area contributed by atoms with Crippen LogP contribution < -0.4 is 10.6 Å². The van der Waals surface area contributed by atoms with E-state index in [0.29, 0.717) is 0 Å². The molecule has 8 heteroatoms. The number of hydrogen-bond donors (Lipinski definition) is 2. The summed E-state index contributed by atoms with van der Waals surface area (Å²) in [5.41, 5.74) is 2.73. The lowest BCUT2D eigenvalue weighted by molar-refractivity contribution is -0.123. The fourth-order valence-electron chi connectivity index (χ4n) is 2.54. The third kappa shape index (κ3) is 3.92. The van der Waals surface area contributed by atoms with Crippen molar-refractivity contribution in [2.45, 2.75) is 19.0 Å². The molecule has 0 saturated heterocycles. The maximum absolute atomic E-state index is 12.6. The Bertz CT molecular complexity index is 844. The number of hydrogen-bond acceptors (Lipinski definition) is 6. The zero-order chi connectivity index (χ0) is 17.8. The van der Waals surface area contributed by atoms with E-state index in [1.54, 1.807) is 30.3 Å². The minimum atomic E-state index is -0.448. The van der Waals surface area contributed by atoms with Gasteiger partial charge in [0, 0.05) is 42.1 Å². The van der Waals surface area contributed by atoms with E-state index in [0.717, 1.165) is 21.8 Å². The minimum Gasteiger partial charge on any atom is -0.345 e. The SMILES string of the molecule is CNC(C(=O)NC(C)c1nc(-c2ccncc2)cs1)c1cnn(C)c1. The summed E-state index contributed by atoms with van der Waals surface area (Å²) in [6.07, 6.45) is 7.00. The first-order chi connectivity index (χ1) is 12.1.